The molecule has 1 aliphatic rings. The first-order valence-electron chi connectivity index (χ1n) is 4.23. The highest BCUT2D eigenvalue weighted by atomic mass is 14.1. The molecular weight excluding hydrogens is 120 g/mol. The minimum absolute atomic E-state index is 1.21. The van der Waals surface area contributed by atoms with Crippen LogP contribution in [0.3, 0.4) is 0 Å². The van der Waals surface area contributed by atoms with E-state index in [2.05, 4.69) is 26.0 Å². The summed E-state index contributed by atoms with van der Waals surface area (Å²) in [5.41, 5.74) is 3.34. The van der Waals surface area contributed by atoms with Crippen LogP contribution in [0.15, 0.2) is 23.3 Å². The quantitative estimate of drug-likeness (QED) is 0.510. The maximum absolute atomic E-state index is 2.29. The van der Waals surface area contributed by atoms with Gasteiger partial charge in [0.05, 0.1) is 0 Å². The van der Waals surface area contributed by atoms with Gasteiger partial charge >= 0.3 is 0 Å². The lowest BCUT2D eigenvalue weighted by Gasteiger charge is -2.13. The Morgan fingerprint density at radius 3 is 1.70 bits per heavy atom. The van der Waals surface area contributed by atoms with Gasteiger partial charge in [-0.3, -0.25) is 0 Å². The molecule has 0 nitrogen and oxygen atoms in total. The molecule has 0 saturated carbocycles. The zero-order valence-corrected chi connectivity index (χ0v) is 6.98. The predicted octanol–water partition coefficient (Wildman–Crippen LogP) is 3.45. The maximum atomic E-state index is 2.29. The summed E-state index contributed by atoms with van der Waals surface area (Å²) < 4.78 is 0. The fourth-order valence-electron chi connectivity index (χ4n) is 1.53. The van der Waals surface area contributed by atoms with Crippen molar-refractivity contribution in [2.75, 3.05) is 0 Å². The van der Waals surface area contributed by atoms with Gasteiger partial charge < -0.3 is 0 Å². The van der Waals surface area contributed by atoms with Crippen molar-refractivity contribution in [1.29, 1.82) is 0 Å². The van der Waals surface area contributed by atoms with E-state index in [0.717, 1.165) is 0 Å². The highest BCUT2D eigenvalue weighted by Gasteiger charge is 2.03. The predicted molar refractivity (Wildman–Crippen MR) is 46.0 cm³/mol. The Hall–Kier alpha value is -0.520. The molecule has 0 aromatic rings. The van der Waals surface area contributed by atoms with Crippen molar-refractivity contribution in [3.63, 3.8) is 0 Å². The summed E-state index contributed by atoms with van der Waals surface area (Å²) in [5, 5.41) is 0. The Morgan fingerprint density at radius 1 is 1.00 bits per heavy atom. The topological polar surface area (TPSA) is 0 Å². The summed E-state index contributed by atoms with van der Waals surface area (Å²) in [6.45, 7) is 4.51. The first kappa shape index (κ1) is 7.59. The third-order valence-corrected chi connectivity index (χ3v) is 2.25. The van der Waals surface area contributed by atoms with Gasteiger partial charge in [0.25, 0.3) is 0 Å². The molecule has 0 aliphatic heterocycles. The van der Waals surface area contributed by atoms with Crippen LogP contribution in [0.4, 0.5) is 0 Å². The Bertz CT molecular complexity index is 143. The van der Waals surface area contributed by atoms with E-state index in [-0.39, 0.29) is 0 Å². The number of rotatable bonds is 2. The Morgan fingerprint density at radius 2 is 1.40 bits per heavy atom. The van der Waals surface area contributed by atoms with E-state index in [1.54, 1.807) is 11.1 Å². The van der Waals surface area contributed by atoms with Gasteiger partial charge in [-0.05, 0) is 25.7 Å². The zero-order valence-electron chi connectivity index (χ0n) is 6.98. The van der Waals surface area contributed by atoms with Crippen molar-refractivity contribution >= 4 is 0 Å². The third kappa shape index (κ3) is 1.50. The molecule has 0 amide bonds. The Labute approximate surface area is 63.6 Å². The summed E-state index contributed by atoms with van der Waals surface area (Å²) >= 11 is 0. The SMILES string of the molecule is CCC1=C(CC)CC=CC1. The largest absolute Gasteiger partial charge is 0.0841 e. The van der Waals surface area contributed by atoms with E-state index in [0.29, 0.717) is 0 Å². The van der Waals surface area contributed by atoms with Gasteiger partial charge in [0.15, 0.2) is 0 Å². The summed E-state index contributed by atoms with van der Waals surface area (Å²) in [6, 6.07) is 0. The third-order valence-electron chi connectivity index (χ3n) is 2.25. The van der Waals surface area contributed by atoms with E-state index >= 15 is 0 Å². The fourth-order valence-corrected chi connectivity index (χ4v) is 1.53. The minimum atomic E-state index is 1.21. The molecule has 0 heterocycles. The van der Waals surface area contributed by atoms with Gasteiger partial charge in [0, 0.05) is 0 Å². The molecule has 0 fully saturated rings. The molecule has 0 atom stereocenters. The van der Waals surface area contributed by atoms with Crippen molar-refractivity contribution in [3.05, 3.63) is 23.3 Å². The molecule has 1 rings (SSSR count). The normalized spacial score (nSPS) is 18.2. The van der Waals surface area contributed by atoms with Gasteiger partial charge in [0.2, 0.25) is 0 Å². The molecule has 0 unspecified atom stereocenters. The van der Waals surface area contributed by atoms with Gasteiger partial charge in [-0.1, -0.05) is 37.1 Å². The highest BCUT2D eigenvalue weighted by molar-refractivity contribution is 5.23. The number of hydrogen-bond acceptors (Lipinski definition) is 0. The lowest BCUT2D eigenvalue weighted by atomic mass is 9.94. The highest BCUT2D eigenvalue weighted by Crippen LogP contribution is 2.23. The van der Waals surface area contributed by atoms with Gasteiger partial charge in [0.1, 0.15) is 0 Å². The van der Waals surface area contributed by atoms with Crippen LogP contribution in [-0.4, -0.2) is 0 Å². The zero-order chi connectivity index (χ0) is 7.40. The van der Waals surface area contributed by atoms with Crippen LogP contribution >= 0.6 is 0 Å². The van der Waals surface area contributed by atoms with Crippen molar-refractivity contribution in [2.45, 2.75) is 39.5 Å². The molecule has 56 valence electrons. The summed E-state index contributed by atoms with van der Waals surface area (Å²) in [6.07, 6.45) is 9.48. The molecular formula is C10H16. The summed E-state index contributed by atoms with van der Waals surface area (Å²) in [4.78, 5) is 0. The number of allylic oxidation sites excluding steroid dienone is 4. The molecule has 1 aliphatic carbocycles. The van der Waals surface area contributed by atoms with Gasteiger partial charge in [-0.25, -0.2) is 0 Å². The molecule has 0 spiro atoms. The van der Waals surface area contributed by atoms with Gasteiger partial charge in [-0.2, -0.15) is 0 Å². The standard InChI is InChI=1S/C10H16/c1-3-9-7-5-6-8-10(9)4-2/h5-6H,3-4,7-8H2,1-2H3. The lowest BCUT2D eigenvalue weighted by Crippen LogP contribution is -1.93. The van der Waals surface area contributed by atoms with Crippen molar-refractivity contribution in [1.82, 2.24) is 0 Å². The molecule has 0 bridgehead atoms. The molecule has 0 radical (unpaired) electrons. The van der Waals surface area contributed by atoms with E-state index < -0.39 is 0 Å². The Balaban J connectivity index is 2.66. The Kier molecular flexibility index (Phi) is 2.73. The molecule has 0 saturated heterocycles. The lowest BCUT2D eigenvalue weighted by molar-refractivity contribution is 0.889. The summed E-state index contributed by atoms with van der Waals surface area (Å²) in [7, 11) is 0. The van der Waals surface area contributed by atoms with E-state index in [1.807, 2.05) is 0 Å². The van der Waals surface area contributed by atoms with Crippen LogP contribution in [0.5, 0.6) is 0 Å². The summed E-state index contributed by atoms with van der Waals surface area (Å²) in [5.74, 6) is 0. The molecule has 0 aromatic heterocycles. The van der Waals surface area contributed by atoms with E-state index in [4.69, 9.17) is 0 Å². The molecule has 0 N–H and O–H groups in total. The fraction of sp³-hybridized carbons (Fsp3) is 0.600. The second-order valence-corrected chi connectivity index (χ2v) is 2.79. The van der Waals surface area contributed by atoms with Crippen molar-refractivity contribution in [3.8, 4) is 0 Å². The van der Waals surface area contributed by atoms with E-state index in [9.17, 15) is 0 Å². The molecule has 10 heavy (non-hydrogen) atoms. The first-order valence-corrected chi connectivity index (χ1v) is 4.23. The first-order chi connectivity index (χ1) is 4.88. The van der Waals surface area contributed by atoms with E-state index in [1.165, 1.54) is 25.7 Å². The van der Waals surface area contributed by atoms with Crippen LogP contribution in [0.1, 0.15) is 39.5 Å². The van der Waals surface area contributed by atoms with Crippen LogP contribution in [0.2, 0.25) is 0 Å². The minimum Gasteiger partial charge on any atom is -0.0841 e. The van der Waals surface area contributed by atoms with Crippen molar-refractivity contribution in [2.24, 2.45) is 0 Å². The second-order valence-electron chi connectivity index (χ2n) is 2.79. The average Bonchev–Trinajstić information content (AvgIpc) is 2.04. The molecule has 0 aromatic carbocycles. The van der Waals surface area contributed by atoms with Crippen LogP contribution < -0.4 is 0 Å². The number of hydrogen-bond donors (Lipinski definition) is 0. The average molecular weight is 136 g/mol. The van der Waals surface area contributed by atoms with Crippen LogP contribution in [0.25, 0.3) is 0 Å². The maximum Gasteiger partial charge on any atom is -0.0136 e. The van der Waals surface area contributed by atoms with Gasteiger partial charge in [-0.15, -0.1) is 0 Å². The van der Waals surface area contributed by atoms with Crippen LogP contribution in [-0.2, 0) is 0 Å². The molecule has 0 heteroatoms. The van der Waals surface area contributed by atoms with Crippen LogP contribution in [0, 0.1) is 0 Å². The monoisotopic (exact) mass is 136 g/mol. The van der Waals surface area contributed by atoms with Crippen molar-refractivity contribution < 1.29 is 0 Å². The smallest absolute Gasteiger partial charge is 0.0136 e. The second kappa shape index (κ2) is 3.60.